The molecular formula is C26H34N2O6. The largest absolute Gasteiger partial charge is 0.497 e. The van der Waals surface area contributed by atoms with Crippen LogP contribution in [-0.4, -0.2) is 71.5 Å². The lowest BCUT2D eigenvalue weighted by atomic mass is 9.82. The van der Waals surface area contributed by atoms with Crippen molar-refractivity contribution in [2.45, 2.75) is 18.9 Å². The average Bonchev–Trinajstić information content (AvgIpc) is 2.88. The van der Waals surface area contributed by atoms with Crippen molar-refractivity contribution in [1.82, 2.24) is 4.90 Å². The Morgan fingerprint density at radius 2 is 1.41 bits per heavy atom. The lowest BCUT2D eigenvalue weighted by molar-refractivity contribution is -0.139. The summed E-state index contributed by atoms with van der Waals surface area (Å²) in [6.45, 7) is 1.77. The fourth-order valence-electron chi connectivity index (χ4n) is 4.35. The Bertz CT molecular complexity index is 923. The van der Waals surface area contributed by atoms with E-state index in [-0.39, 0.29) is 18.2 Å². The molecule has 2 atom stereocenters. The smallest absolute Gasteiger partial charge is 0.228 e. The first-order chi connectivity index (χ1) is 16.5. The van der Waals surface area contributed by atoms with Crippen molar-refractivity contribution in [3.8, 4) is 11.5 Å². The second-order valence-electron chi connectivity index (χ2n) is 8.14. The summed E-state index contributed by atoms with van der Waals surface area (Å²) in [5.41, 5.74) is 1.60. The van der Waals surface area contributed by atoms with Crippen LogP contribution in [-0.2, 0) is 19.1 Å². The minimum Gasteiger partial charge on any atom is -0.497 e. The maximum Gasteiger partial charge on any atom is 0.228 e. The molecule has 34 heavy (non-hydrogen) atoms. The van der Waals surface area contributed by atoms with Crippen LogP contribution in [0.2, 0.25) is 0 Å². The first-order valence-electron chi connectivity index (χ1n) is 11.4. The fraction of sp³-hybridized carbons (Fsp3) is 0.462. The quantitative estimate of drug-likeness (QED) is 0.502. The summed E-state index contributed by atoms with van der Waals surface area (Å²) >= 11 is 0. The van der Waals surface area contributed by atoms with Gasteiger partial charge in [-0.1, -0.05) is 12.1 Å². The van der Waals surface area contributed by atoms with Crippen molar-refractivity contribution in [3.05, 3.63) is 54.1 Å². The number of hydrogen-bond donors (Lipinski definition) is 0. The molecule has 0 aromatic heterocycles. The Kier molecular flexibility index (Phi) is 9.30. The molecule has 0 saturated carbocycles. The summed E-state index contributed by atoms with van der Waals surface area (Å²) in [7, 11) is 6.44. The lowest BCUT2D eigenvalue weighted by Gasteiger charge is -2.42. The van der Waals surface area contributed by atoms with Crippen LogP contribution >= 0.6 is 0 Å². The Hall–Kier alpha value is -3.10. The molecule has 0 bridgehead atoms. The van der Waals surface area contributed by atoms with E-state index in [1.54, 1.807) is 38.2 Å². The SMILES string of the molecule is COCCN(CCOC)C(=O)C1CCC(=O)N(c2ccc(OC)cc2)C1c1ccc(OC)cc1. The van der Waals surface area contributed by atoms with E-state index in [9.17, 15) is 9.59 Å². The Labute approximate surface area is 201 Å². The van der Waals surface area contributed by atoms with Crippen molar-refractivity contribution in [2.75, 3.05) is 59.6 Å². The highest BCUT2D eigenvalue weighted by Crippen LogP contribution is 2.41. The third-order valence-electron chi connectivity index (χ3n) is 6.16. The van der Waals surface area contributed by atoms with Gasteiger partial charge in [0.1, 0.15) is 11.5 Å². The second kappa shape index (κ2) is 12.4. The van der Waals surface area contributed by atoms with Crippen molar-refractivity contribution in [3.63, 3.8) is 0 Å². The molecule has 2 aromatic carbocycles. The van der Waals surface area contributed by atoms with Crippen LogP contribution in [0.4, 0.5) is 5.69 Å². The van der Waals surface area contributed by atoms with E-state index >= 15 is 0 Å². The Morgan fingerprint density at radius 1 is 0.882 bits per heavy atom. The molecule has 1 aliphatic rings. The van der Waals surface area contributed by atoms with Gasteiger partial charge < -0.3 is 28.7 Å². The number of carbonyl (C=O) groups excluding carboxylic acids is 2. The Balaban J connectivity index is 2.03. The van der Waals surface area contributed by atoms with Crippen LogP contribution in [0.15, 0.2) is 48.5 Å². The van der Waals surface area contributed by atoms with Gasteiger partial charge in [0, 0.05) is 39.4 Å². The number of nitrogens with zero attached hydrogens (tertiary/aromatic N) is 2. The topological polar surface area (TPSA) is 77.5 Å². The summed E-state index contributed by atoms with van der Waals surface area (Å²) in [6.07, 6.45) is 0.759. The van der Waals surface area contributed by atoms with Gasteiger partial charge >= 0.3 is 0 Å². The molecule has 0 N–H and O–H groups in total. The van der Waals surface area contributed by atoms with Gasteiger partial charge in [-0.05, 0) is 48.4 Å². The third-order valence-corrected chi connectivity index (χ3v) is 6.16. The number of ether oxygens (including phenoxy) is 4. The van der Waals surface area contributed by atoms with Crippen molar-refractivity contribution in [2.24, 2.45) is 5.92 Å². The van der Waals surface area contributed by atoms with Crippen LogP contribution in [0.3, 0.4) is 0 Å². The summed E-state index contributed by atoms with van der Waals surface area (Å²) in [6, 6.07) is 14.5. The minimum absolute atomic E-state index is 0.0130. The van der Waals surface area contributed by atoms with Crippen LogP contribution in [0.5, 0.6) is 11.5 Å². The highest BCUT2D eigenvalue weighted by atomic mass is 16.5. The summed E-state index contributed by atoms with van der Waals surface area (Å²) < 4.78 is 21.1. The molecule has 0 aliphatic carbocycles. The first-order valence-corrected chi connectivity index (χ1v) is 11.4. The lowest BCUT2D eigenvalue weighted by Crippen LogP contribution is -2.50. The average molecular weight is 471 g/mol. The number of rotatable bonds is 11. The molecule has 1 heterocycles. The molecule has 2 amide bonds. The maximum atomic E-state index is 13.8. The Morgan fingerprint density at radius 3 is 1.91 bits per heavy atom. The van der Waals surface area contributed by atoms with Crippen molar-refractivity contribution >= 4 is 17.5 Å². The van der Waals surface area contributed by atoms with Crippen LogP contribution in [0.1, 0.15) is 24.4 Å². The van der Waals surface area contributed by atoms with Gasteiger partial charge in [0.25, 0.3) is 0 Å². The monoisotopic (exact) mass is 470 g/mol. The van der Waals surface area contributed by atoms with Crippen molar-refractivity contribution < 1.29 is 28.5 Å². The summed E-state index contributed by atoms with van der Waals surface area (Å²) in [4.78, 5) is 30.6. The zero-order valence-corrected chi connectivity index (χ0v) is 20.4. The molecule has 1 saturated heterocycles. The van der Waals surface area contributed by atoms with Gasteiger partial charge in [-0.25, -0.2) is 0 Å². The molecule has 184 valence electrons. The molecule has 0 radical (unpaired) electrons. The molecule has 8 nitrogen and oxygen atoms in total. The number of anilines is 1. The molecule has 1 aliphatic heterocycles. The molecule has 2 aromatic rings. The normalized spacial score (nSPS) is 18.0. The minimum atomic E-state index is -0.458. The third kappa shape index (κ3) is 5.87. The van der Waals surface area contributed by atoms with E-state index < -0.39 is 12.0 Å². The van der Waals surface area contributed by atoms with Crippen LogP contribution in [0, 0.1) is 5.92 Å². The van der Waals surface area contributed by atoms with Crippen LogP contribution < -0.4 is 14.4 Å². The molecular weight excluding hydrogens is 436 g/mol. The molecule has 1 fully saturated rings. The highest BCUT2D eigenvalue weighted by Gasteiger charge is 2.42. The molecule has 0 spiro atoms. The zero-order chi connectivity index (χ0) is 24.5. The number of amides is 2. The predicted molar refractivity (Wildman–Crippen MR) is 129 cm³/mol. The summed E-state index contributed by atoms with van der Waals surface area (Å²) in [5, 5.41) is 0. The number of methoxy groups -OCH3 is 4. The van der Waals surface area contributed by atoms with E-state index in [2.05, 4.69) is 0 Å². The van der Waals surface area contributed by atoms with Crippen LogP contribution in [0.25, 0.3) is 0 Å². The van der Waals surface area contributed by atoms with Gasteiger partial charge in [0.05, 0.1) is 39.4 Å². The van der Waals surface area contributed by atoms with E-state index in [0.29, 0.717) is 44.2 Å². The number of benzene rings is 2. The number of hydrogen-bond acceptors (Lipinski definition) is 6. The van der Waals surface area contributed by atoms with Gasteiger partial charge in [-0.15, -0.1) is 0 Å². The molecule has 3 rings (SSSR count). The maximum absolute atomic E-state index is 13.8. The standard InChI is InChI=1S/C26H34N2O6/c1-31-17-15-27(16-18-32-2)26(30)23-13-14-24(29)28(20-7-11-22(34-4)12-8-20)25(23)19-5-9-21(33-3)10-6-19/h5-12,23,25H,13-18H2,1-4H3. The fourth-order valence-corrected chi connectivity index (χ4v) is 4.35. The first kappa shape index (κ1) is 25.5. The highest BCUT2D eigenvalue weighted by molar-refractivity contribution is 5.97. The van der Waals surface area contributed by atoms with E-state index in [1.807, 2.05) is 48.5 Å². The van der Waals surface area contributed by atoms with Gasteiger partial charge in [-0.3, -0.25) is 9.59 Å². The second-order valence-corrected chi connectivity index (χ2v) is 8.14. The van der Waals surface area contributed by atoms with Crippen molar-refractivity contribution in [1.29, 1.82) is 0 Å². The van der Waals surface area contributed by atoms with E-state index in [4.69, 9.17) is 18.9 Å². The van der Waals surface area contributed by atoms with E-state index in [0.717, 1.165) is 11.3 Å². The summed E-state index contributed by atoms with van der Waals surface area (Å²) in [5.74, 6) is 0.969. The van der Waals surface area contributed by atoms with Gasteiger partial charge in [0.15, 0.2) is 0 Å². The predicted octanol–water partition coefficient (Wildman–Crippen LogP) is 3.31. The van der Waals surface area contributed by atoms with Gasteiger partial charge in [-0.2, -0.15) is 0 Å². The number of piperidine rings is 1. The molecule has 2 unspecified atom stereocenters. The molecule has 8 heteroatoms. The van der Waals surface area contributed by atoms with Gasteiger partial charge in [0.2, 0.25) is 11.8 Å². The van der Waals surface area contributed by atoms with E-state index in [1.165, 1.54) is 0 Å². The zero-order valence-electron chi connectivity index (χ0n) is 20.4. The number of carbonyl (C=O) groups is 2.